The number of sulfonamides is 1. The molecule has 0 unspecified atom stereocenters. The van der Waals surface area contributed by atoms with Crippen molar-refractivity contribution in [2.24, 2.45) is 0 Å². The third-order valence-electron chi connectivity index (χ3n) is 4.29. The minimum atomic E-state index is -3.83. The summed E-state index contributed by atoms with van der Waals surface area (Å²) in [4.78, 5) is 23.1. The van der Waals surface area contributed by atoms with Gasteiger partial charge < -0.3 is 4.74 Å². The molecule has 0 radical (unpaired) electrons. The van der Waals surface area contributed by atoms with Crippen molar-refractivity contribution >= 4 is 21.6 Å². The summed E-state index contributed by atoms with van der Waals surface area (Å²) in [7, 11) is -3.83. The monoisotopic (exact) mass is 394 g/mol. The Labute approximate surface area is 155 Å². The maximum atomic E-state index is 13.0. The van der Waals surface area contributed by atoms with E-state index < -0.39 is 20.9 Å². The molecule has 1 aromatic carbocycles. The van der Waals surface area contributed by atoms with E-state index in [9.17, 15) is 23.3 Å². The molecule has 2 aromatic rings. The maximum Gasteiger partial charge on any atom is 0.278 e. The smallest absolute Gasteiger partial charge is 0.278 e. The second kappa shape index (κ2) is 7.18. The standard InChI is InChI=1S/C16H18N4O6S/c1-11-15(27(24,25)18-6-8-26-9-7-18)12(2)19(17-11)16(21)13-4-3-5-14(10-13)20(22)23/h3-5,10H,6-9H2,1-2H3. The quantitative estimate of drug-likeness (QED) is 0.562. The van der Waals surface area contributed by atoms with Gasteiger partial charge in [-0.05, 0) is 19.9 Å². The number of aromatic nitrogens is 2. The molecule has 10 nitrogen and oxygen atoms in total. The first-order chi connectivity index (χ1) is 12.7. The zero-order valence-corrected chi connectivity index (χ0v) is 15.6. The van der Waals surface area contributed by atoms with E-state index in [4.69, 9.17) is 4.74 Å². The lowest BCUT2D eigenvalue weighted by Crippen LogP contribution is -2.41. The fraction of sp³-hybridized carbons (Fsp3) is 0.375. The van der Waals surface area contributed by atoms with Crippen LogP contribution in [0.15, 0.2) is 29.2 Å². The highest BCUT2D eigenvalue weighted by Gasteiger charge is 2.33. The van der Waals surface area contributed by atoms with Gasteiger partial charge in [-0.3, -0.25) is 14.9 Å². The van der Waals surface area contributed by atoms with Crippen LogP contribution in [0.3, 0.4) is 0 Å². The molecule has 1 fully saturated rings. The van der Waals surface area contributed by atoms with Gasteiger partial charge in [0.15, 0.2) is 0 Å². The van der Waals surface area contributed by atoms with Crippen LogP contribution >= 0.6 is 0 Å². The molecule has 0 spiro atoms. The second-order valence-electron chi connectivity index (χ2n) is 6.04. The van der Waals surface area contributed by atoms with Crippen LogP contribution in [0.25, 0.3) is 0 Å². The molecular formula is C16H18N4O6S. The molecule has 0 N–H and O–H groups in total. The number of hydrogen-bond acceptors (Lipinski definition) is 7. The van der Waals surface area contributed by atoms with Gasteiger partial charge in [0, 0.05) is 30.8 Å². The molecule has 1 aliphatic rings. The molecule has 0 aliphatic carbocycles. The largest absolute Gasteiger partial charge is 0.379 e. The van der Waals surface area contributed by atoms with E-state index in [0.29, 0.717) is 13.2 Å². The molecule has 27 heavy (non-hydrogen) atoms. The molecule has 0 bridgehead atoms. The Balaban J connectivity index is 2.02. The van der Waals surface area contributed by atoms with Gasteiger partial charge in [-0.1, -0.05) is 6.07 Å². The highest BCUT2D eigenvalue weighted by molar-refractivity contribution is 7.89. The van der Waals surface area contributed by atoms with Crippen molar-refractivity contribution in [3.05, 3.63) is 51.3 Å². The molecule has 0 saturated carbocycles. The predicted molar refractivity (Wildman–Crippen MR) is 94.1 cm³/mol. The first-order valence-corrected chi connectivity index (χ1v) is 9.60. The average Bonchev–Trinajstić information content (AvgIpc) is 2.96. The van der Waals surface area contributed by atoms with E-state index in [1.807, 2.05) is 0 Å². The van der Waals surface area contributed by atoms with Crippen LogP contribution in [0, 0.1) is 24.0 Å². The summed E-state index contributed by atoms with van der Waals surface area (Å²) in [5.41, 5.74) is 0.168. The lowest BCUT2D eigenvalue weighted by molar-refractivity contribution is -0.384. The summed E-state index contributed by atoms with van der Waals surface area (Å²) in [5, 5.41) is 15.0. The lowest BCUT2D eigenvalue weighted by atomic mass is 10.2. The summed E-state index contributed by atoms with van der Waals surface area (Å²) >= 11 is 0. The van der Waals surface area contributed by atoms with Gasteiger partial charge in [0.05, 0.1) is 29.5 Å². The predicted octanol–water partition coefficient (Wildman–Crippen LogP) is 1.12. The SMILES string of the molecule is Cc1nn(C(=O)c2cccc([N+](=O)[O-])c2)c(C)c1S(=O)(=O)N1CCOCC1. The summed E-state index contributed by atoms with van der Waals surface area (Å²) in [6.07, 6.45) is 0. The molecule has 2 heterocycles. The Morgan fingerprint density at radius 2 is 1.93 bits per heavy atom. The maximum absolute atomic E-state index is 13.0. The van der Waals surface area contributed by atoms with Crippen molar-refractivity contribution in [2.75, 3.05) is 26.3 Å². The number of benzene rings is 1. The van der Waals surface area contributed by atoms with E-state index in [1.54, 1.807) is 0 Å². The van der Waals surface area contributed by atoms with Crippen LogP contribution in [0.4, 0.5) is 5.69 Å². The Morgan fingerprint density at radius 1 is 1.26 bits per heavy atom. The molecule has 0 atom stereocenters. The average molecular weight is 394 g/mol. The number of nitrogens with zero attached hydrogens (tertiary/aromatic N) is 4. The topological polar surface area (TPSA) is 125 Å². The summed E-state index contributed by atoms with van der Waals surface area (Å²) in [6, 6.07) is 5.21. The number of carbonyl (C=O) groups excluding carboxylic acids is 1. The molecule has 11 heteroatoms. The molecule has 3 rings (SSSR count). The number of morpholine rings is 1. The van der Waals surface area contributed by atoms with Crippen LogP contribution < -0.4 is 0 Å². The minimum absolute atomic E-state index is 0.0248. The molecule has 1 saturated heterocycles. The van der Waals surface area contributed by atoms with E-state index >= 15 is 0 Å². The number of hydrogen-bond donors (Lipinski definition) is 0. The molecular weight excluding hydrogens is 376 g/mol. The van der Waals surface area contributed by atoms with E-state index in [-0.39, 0.29) is 40.6 Å². The summed E-state index contributed by atoms with van der Waals surface area (Å²) in [5.74, 6) is -0.636. The van der Waals surface area contributed by atoms with Gasteiger partial charge in [-0.15, -0.1) is 0 Å². The van der Waals surface area contributed by atoms with Crippen molar-refractivity contribution in [3.8, 4) is 0 Å². The Hall–Kier alpha value is -2.63. The van der Waals surface area contributed by atoms with Crippen LogP contribution in [0.1, 0.15) is 21.7 Å². The number of rotatable bonds is 4. The zero-order chi connectivity index (χ0) is 19.8. The van der Waals surface area contributed by atoms with Crippen molar-refractivity contribution in [1.82, 2.24) is 14.1 Å². The number of aryl methyl sites for hydroxylation is 1. The molecule has 1 aliphatic heterocycles. The number of nitro benzene ring substituents is 1. The van der Waals surface area contributed by atoms with Crippen LogP contribution in [-0.2, 0) is 14.8 Å². The first-order valence-electron chi connectivity index (χ1n) is 8.16. The van der Waals surface area contributed by atoms with Crippen molar-refractivity contribution in [3.63, 3.8) is 0 Å². The minimum Gasteiger partial charge on any atom is -0.379 e. The van der Waals surface area contributed by atoms with Gasteiger partial charge in [-0.25, -0.2) is 8.42 Å². The molecule has 144 valence electrons. The van der Waals surface area contributed by atoms with Gasteiger partial charge in [-0.2, -0.15) is 14.1 Å². The number of carbonyl (C=O) groups is 1. The lowest BCUT2D eigenvalue weighted by Gasteiger charge is -2.26. The van der Waals surface area contributed by atoms with Crippen molar-refractivity contribution < 1.29 is 22.9 Å². The normalized spacial score (nSPS) is 15.6. The van der Waals surface area contributed by atoms with Gasteiger partial charge in [0.25, 0.3) is 11.6 Å². The van der Waals surface area contributed by atoms with E-state index in [1.165, 1.54) is 36.4 Å². The number of nitro groups is 1. The number of non-ortho nitro benzene ring substituents is 1. The summed E-state index contributed by atoms with van der Waals surface area (Å²) in [6.45, 7) is 4.06. The third-order valence-corrected chi connectivity index (χ3v) is 6.44. The van der Waals surface area contributed by atoms with Crippen LogP contribution in [-0.4, -0.2) is 59.6 Å². The highest BCUT2D eigenvalue weighted by Crippen LogP contribution is 2.25. The van der Waals surface area contributed by atoms with E-state index in [2.05, 4.69) is 5.10 Å². The first kappa shape index (κ1) is 19.1. The third kappa shape index (κ3) is 3.48. The van der Waals surface area contributed by atoms with Gasteiger partial charge >= 0.3 is 0 Å². The Morgan fingerprint density at radius 3 is 2.56 bits per heavy atom. The fourth-order valence-electron chi connectivity index (χ4n) is 2.99. The van der Waals surface area contributed by atoms with Crippen molar-refractivity contribution in [1.29, 1.82) is 0 Å². The molecule has 0 amide bonds. The van der Waals surface area contributed by atoms with E-state index in [0.717, 1.165) is 10.7 Å². The van der Waals surface area contributed by atoms with Crippen LogP contribution in [0.5, 0.6) is 0 Å². The van der Waals surface area contributed by atoms with Gasteiger partial charge in [0.2, 0.25) is 10.0 Å². The summed E-state index contributed by atoms with van der Waals surface area (Å²) < 4.78 is 33.4. The Bertz CT molecular complexity index is 1010. The number of ether oxygens (including phenoxy) is 1. The molecule has 1 aromatic heterocycles. The zero-order valence-electron chi connectivity index (χ0n) is 14.8. The Kier molecular flexibility index (Phi) is 5.09. The van der Waals surface area contributed by atoms with Crippen molar-refractivity contribution in [2.45, 2.75) is 18.7 Å². The fourth-order valence-corrected chi connectivity index (χ4v) is 4.75. The van der Waals surface area contributed by atoms with Gasteiger partial charge in [0.1, 0.15) is 4.90 Å². The van der Waals surface area contributed by atoms with Crippen LogP contribution in [0.2, 0.25) is 0 Å². The highest BCUT2D eigenvalue weighted by atomic mass is 32.2. The second-order valence-corrected chi connectivity index (χ2v) is 7.92.